The maximum Gasteiger partial charge on any atom is 0.411 e. The van der Waals surface area contributed by atoms with Gasteiger partial charge in [0.15, 0.2) is 0 Å². The lowest BCUT2D eigenvalue weighted by Gasteiger charge is -2.50. The fraction of sp³-hybridized carbons (Fsp3) is 0.667. The lowest BCUT2D eigenvalue weighted by molar-refractivity contribution is -0.122. The third-order valence-electron chi connectivity index (χ3n) is 6.16. The average molecular weight is 449 g/mol. The Morgan fingerprint density at radius 1 is 1.13 bits per heavy atom. The standard InChI is InChI=1S/C24H40N2O4Si/c1-17-12-11-13-18(14-17)25(8)21(27)20-15-19(30-31(9,10)24(5,6)7)16-26(20)22(28)29-23(2,3)4/h11-14,19-20H,15-16H2,1-10H3/q-1/t19-,20-/m0/s1. The van der Waals surface area contributed by atoms with E-state index >= 15 is 0 Å². The first-order valence-electron chi connectivity index (χ1n) is 11.0. The molecule has 0 unspecified atom stereocenters. The van der Waals surface area contributed by atoms with Crippen molar-refractivity contribution < 1.29 is 18.8 Å². The number of aryl methyl sites for hydroxylation is 1. The molecule has 1 saturated heterocycles. The molecule has 0 radical (unpaired) electrons. The van der Waals surface area contributed by atoms with Gasteiger partial charge in [-0.3, -0.25) is 9.69 Å². The quantitative estimate of drug-likeness (QED) is 0.582. The second-order valence-corrected chi connectivity index (χ2v) is 15.9. The van der Waals surface area contributed by atoms with Gasteiger partial charge in [-0.05, 0) is 53.7 Å². The minimum Gasteiger partial charge on any atom is -0.561 e. The minimum atomic E-state index is -2.05. The summed E-state index contributed by atoms with van der Waals surface area (Å²) in [5.41, 5.74) is 1.25. The number of hydrogen-bond acceptors (Lipinski definition) is 4. The Morgan fingerprint density at radius 2 is 1.74 bits per heavy atom. The molecule has 0 aromatic heterocycles. The van der Waals surface area contributed by atoms with E-state index in [4.69, 9.17) is 9.16 Å². The van der Waals surface area contributed by atoms with Crippen molar-refractivity contribution in [3.8, 4) is 0 Å². The molecule has 1 heterocycles. The van der Waals surface area contributed by atoms with E-state index in [1.165, 1.54) is 0 Å². The number of likely N-dealkylation sites (N-methyl/N-ethyl adjacent to an activating group) is 1. The second kappa shape index (κ2) is 8.94. The van der Waals surface area contributed by atoms with Gasteiger partial charge in [-0.2, -0.15) is 0 Å². The molecular weight excluding hydrogens is 408 g/mol. The molecule has 175 valence electrons. The van der Waals surface area contributed by atoms with Gasteiger partial charge in [-0.25, -0.2) is 4.79 Å². The van der Waals surface area contributed by atoms with Crippen molar-refractivity contribution in [2.45, 2.75) is 90.8 Å². The Bertz CT molecular complexity index is 811. The normalized spacial score (nSPS) is 20.0. The number of benzene rings is 1. The largest absolute Gasteiger partial charge is 0.561 e. The highest BCUT2D eigenvalue weighted by molar-refractivity contribution is 6.74. The molecule has 6 nitrogen and oxygen atoms in total. The summed E-state index contributed by atoms with van der Waals surface area (Å²) in [6.07, 6.45) is -0.182. The Morgan fingerprint density at radius 3 is 2.26 bits per heavy atom. The van der Waals surface area contributed by atoms with Gasteiger partial charge in [0.25, 0.3) is 0 Å². The van der Waals surface area contributed by atoms with Crippen molar-refractivity contribution in [1.29, 1.82) is 0 Å². The molecule has 1 fully saturated rings. The molecule has 0 saturated carbocycles. The highest BCUT2D eigenvalue weighted by Crippen LogP contribution is 2.39. The number of rotatable bonds is 4. The molecule has 2 amide bonds. The topological polar surface area (TPSA) is 59.1 Å². The van der Waals surface area contributed by atoms with Gasteiger partial charge in [0.1, 0.15) is 11.6 Å². The zero-order valence-electron chi connectivity index (χ0n) is 20.9. The molecule has 1 aliphatic heterocycles. The fourth-order valence-electron chi connectivity index (χ4n) is 3.42. The monoisotopic (exact) mass is 448 g/mol. The Labute approximate surface area is 189 Å². The summed E-state index contributed by atoms with van der Waals surface area (Å²) in [7, 11) is -0.291. The molecule has 1 aromatic rings. The zero-order chi connectivity index (χ0) is 23.8. The number of nitrogens with zero attached hydrogens (tertiary/aromatic N) is 2. The van der Waals surface area contributed by atoms with Crippen LogP contribution in [-0.4, -0.2) is 56.6 Å². The van der Waals surface area contributed by atoms with Gasteiger partial charge >= 0.3 is 6.09 Å². The molecule has 0 spiro atoms. The molecular formula is C24H40N2O4Si-. The van der Waals surface area contributed by atoms with Crippen LogP contribution in [0.5, 0.6) is 0 Å². The van der Waals surface area contributed by atoms with Crippen LogP contribution in [0.2, 0.25) is 18.1 Å². The van der Waals surface area contributed by atoms with E-state index in [0.717, 1.165) is 11.3 Å². The van der Waals surface area contributed by atoms with Crippen LogP contribution >= 0.6 is 0 Å². The maximum atomic E-state index is 13.5. The molecule has 7 heteroatoms. The predicted molar refractivity (Wildman–Crippen MR) is 128 cm³/mol. The zero-order valence-corrected chi connectivity index (χ0v) is 21.9. The number of carbonyl (C=O) groups is 2. The van der Waals surface area contributed by atoms with Gasteiger partial charge in [0.2, 0.25) is 5.91 Å². The number of anilines is 1. The molecule has 31 heavy (non-hydrogen) atoms. The second-order valence-electron chi connectivity index (χ2n) is 11.1. The number of hydrogen-bond donors (Lipinski definition) is 0. The first-order chi connectivity index (χ1) is 14.0. The summed E-state index contributed by atoms with van der Waals surface area (Å²) in [6.45, 7) is 18.8. The van der Waals surface area contributed by atoms with Gasteiger partial charge in [-0.15, -0.1) is 18.1 Å². The van der Waals surface area contributed by atoms with Crippen molar-refractivity contribution >= 4 is 26.0 Å². The van der Waals surface area contributed by atoms with Gasteiger partial charge in [0, 0.05) is 31.8 Å². The van der Waals surface area contributed by atoms with Crippen LogP contribution in [0, 0.1) is 6.92 Å². The number of amides is 2. The summed E-state index contributed by atoms with van der Waals surface area (Å²) >= 11 is 0. The SMILES string of the molecule is Cc1cccc(N(C)C(=O)[C@@H]2C[C@H](O[Si-](C)(C)C(C)(C)C)CN2C(=O)OC(C)(C)C)c1. The van der Waals surface area contributed by atoms with Crippen LogP contribution in [0.1, 0.15) is 53.5 Å². The molecule has 0 N–H and O–H groups in total. The summed E-state index contributed by atoms with van der Waals surface area (Å²) in [5, 5.41) is 0.0458. The van der Waals surface area contributed by atoms with Crippen molar-refractivity contribution in [2.24, 2.45) is 0 Å². The van der Waals surface area contributed by atoms with E-state index in [1.807, 2.05) is 52.0 Å². The first kappa shape index (κ1) is 25.4. The molecule has 2 atom stereocenters. The van der Waals surface area contributed by atoms with Crippen molar-refractivity contribution in [1.82, 2.24) is 4.90 Å². The molecule has 1 aliphatic rings. The van der Waals surface area contributed by atoms with Crippen LogP contribution in [-0.2, 0) is 14.0 Å². The van der Waals surface area contributed by atoms with Gasteiger partial charge in [-0.1, -0.05) is 32.9 Å². The third kappa shape index (κ3) is 6.32. The van der Waals surface area contributed by atoms with E-state index < -0.39 is 26.1 Å². The number of ether oxygens (including phenoxy) is 1. The summed E-state index contributed by atoms with van der Waals surface area (Å²) in [4.78, 5) is 29.6. The highest BCUT2D eigenvalue weighted by Gasteiger charge is 2.44. The Hall–Kier alpha value is -1.86. The number of carbonyl (C=O) groups excluding carboxylic acids is 2. The van der Waals surface area contributed by atoms with Crippen LogP contribution in [0.4, 0.5) is 10.5 Å². The summed E-state index contributed by atoms with van der Waals surface area (Å²) in [6, 6.07) is 7.18. The first-order valence-corrected chi connectivity index (χ1v) is 13.9. The lowest BCUT2D eigenvalue weighted by atomic mass is 10.1. The molecule has 1 aromatic carbocycles. The van der Waals surface area contributed by atoms with E-state index in [0.29, 0.717) is 13.0 Å². The van der Waals surface area contributed by atoms with Gasteiger partial charge in [0.05, 0.1) is 0 Å². The smallest absolute Gasteiger partial charge is 0.411 e. The van der Waals surface area contributed by atoms with E-state index in [1.54, 1.807) is 16.8 Å². The van der Waals surface area contributed by atoms with Crippen molar-refractivity contribution in [3.63, 3.8) is 0 Å². The Kier molecular flexibility index (Phi) is 7.33. The third-order valence-corrected chi connectivity index (χ3v) is 10.7. The lowest BCUT2D eigenvalue weighted by Crippen LogP contribution is -2.48. The summed E-state index contributed by atoms with van der Waals surface area (Å²) < 4.78 is 12.2. The summed E-state index contributed by atoms with van der Waals surface area (Å²) in [5.74, 6) is -0.127. The van der Waals surface area contributed by atoms with Crippen LogP contribution in [0.15, 0.2) is 24.3 Å². The van der Waals surface area contributed by atoms with E-state index in [2.05, 4.69) is 33.9 Å². The highest BCUT2D eigenvalue weighted by atomic mass is 28.4. The van der Waals surface area contributed by atoms with Crippen molar-refractivity contribution in [3.05, 3.63) is 29.8 Å². The molecule has 0 aliphatic carbocycles. The predicted octanol–water partition coefficient (Wildman–Crippen LogP) is 5.36. The molecule has 0 bridgehead atoms. The van der Waals surface area contributed by atoms with Gasteiger partial charge < -0.3 is 14.1 Å². The van der Waals surface area contributed by atoms with Crippen LogP contribution in [0.3, 0.4) is 0 Å². The van der Waals surface area contributed by atoms with Crippen LogP contribution < -0.4 is 4.90 Å². The Balaban J connectivity index is 2.29. The molecule has 2 rings (SSSR count). The minimum absolute atomic E-state index is 0.0458. The van der Waals surface area contributed by atoms with E-state index in [9.17, 15) is 9.59 Å². The van der Waals surface area contributed by atoms with Crippen molar-refractivity contribution in [2.75, 3.05) is 18.5 Å². The fourth-order valence-corrected chi connectivity index (χ4v) is 4.78. The average Bonchev–Trinajstić information content (AvgIpc) is 3.01. The van der Waals surface area contributed by atoms with Crippen LogP contribution in [0.25, 0.3) is 0 Å². The number of likely N-dealkylation sites (tertiary alicyclic amines) is 1. The maximum absolute atomic E-state index is 13.5. The van der Waals surface area contributed by atoms with E-state index in [-0.39, 0.29) is 17.0 Å².